The highest BCUT2D eigenvalue weighted by atomic mass is 16.6. The summed E-state index contributed by atoms with van der Waals surface area (Å²) in [6.45, 7) is 2.11. The maximum absolute atomic E-state index is 5.30. The molecule has 0 aromatic rings. The lowest BCUT2D eigenvalue weighted by Gasteiger charge is -2.18. The van der Waals surface area contributed by atoms with Crippen molar-refractivity contribution in [3.63, 3.8) is 0 Å². The van der Waals surface area contributed by atoms with E-state index in [-0.39, 0.29) is 0 Å². The Balaban J connectivity index is 2.04. The monoisotopic (exact) mass is 168 g/mol. The third-order valence-electron chi connectivity index (χ3n) is 2.18. The average molecular weight is 168 g/mol. The molecule has 1 rings (SSSR count). The van der Waals surface area contributed by atoms with Crippen molar-refractivity contribution in [3.8, 4) is 0 Å². The van der Waals surface area contributed by atoms with Crippen molar-refractivity contribution >= 4 is 6.21 Å². The summed E-state index contributed by atoms with van der Waals surface area (Å²) in [5.41, 5.74) is 0. The van der Waals surface area contributed by atoms with Gasteiger partial charge in [-0.1, -0.05) is 24.9 Å². The molecule has 69 valence electrons. The molecule has 2 nitrogen and oxygen atoms in total. The first-order valence-corrected chi connectivity index (χ1v) is 5.02. The van der Waals surface area contributed by atoms with Gasteiger partial charge in [-0.15, -0.1) is 0 Å². The van der Waals surface area contributed by atoms with Gasteiger partial charge in [0.2, 0.25) is 0 Å². The summed E-state index contributed by atoms with van der Waals surface area (Å²) >= 11 is 0. The van der Waals surface area contributed by atoms with E-state index >= 15 is 0 Å². The molecule has 0 amide bonds. The number of hydrogen-bond acceptors (Lipinski definition) is 2. The maximum Gasteiger partial charge on any atom is 0.127 e. The van der Waals surface area contributed by atoms with Crippen LogP contribution < -0.4 is 0 Å². The van der Waals surface area contributed by atoms with Gasteiger partial charge in [-0.2, -0.15) is 0 Å². The topological polar surface area (TPSA) is 21.6 Å². The van der Waals surface area contributed by atoms with Crippen LogP contribution in [0.1, 0.15) is 51.9 Å². The van der Waals surface area contributed by atoms with Crippen LogP contribution in [-0.2, 0) is 4.84 Å². The van der Waals surface area contributed by atoms with Crippen molar-refractivity contribution in [1.82, 2.24) is 0 Å². The Bertz CT molecular complexity index is 128. The number of rotatable bonds is 4. The summed E-state index contributed by atoms with van der Waals surface area (Å²) in [5, 5.41) is 3.83. The van der Waals surface area contributed by atoms with Crippen LogP contribution in [0, 0.1) is 0 Å². The van der Waals surface area contributed by atoms with Crippen LogP contribution >= 0.6 is 0 Å². The van der Waals surface area contributed by atoms with E-state index in [1.54, 1.807) is 0 Å². The minimum Gasteiger partial charge on any atom is -0.392 e. The highest BCUT2D eigenvalue weighted by molar-refractivity contribution is 5.55. The largest absolute Gasteiger partial charge is 0.392 e. The number of unbranched alkanes of at least 4 members (excludes halogenated alkanes) is 1. The molecule has 0 heterocycles. The Morgan fingerprint density at radius 2 is 2.08 bits per heavy atom. The molecule has 0 atom stereocenters. The van der Waals surface area contributed by atoms with E-state index in [0.29, 0.717) is 6.10 Å². The second-order valence-corrected chi connectivity index (χ2v) is 3.36. The van der Waals surface area contributed by atoms with Crippen molar-refractivity contribution in [2.75, 3.05) is 0 Å². The molecule has 0 aliphatic heterocycles. The third-order valence-corrected chi connectivity index (χ3v) is 2.18. The Morgan fingerprint density at radius 3 is 2.75 bits per heavy atom. The smallest absolute Gasteiger partial charge is 0.127 e. The molecule has 0 aromatic carbocycles. The van der Waals surface area contributed by atoms with Crippen LogP contribution in [0.5, 0.6) is 0 Å². The maximum atomic E-state index is 5.30. The molecule has 0 saturated heterocycles. The predicted octanol–water partition coefficient (Wildman–Crippen LogP) is 3.00. The Hall–Kier alpha value is -0.530. The summed E-state index contributed by atoms with van der Waals surface area (Å²) in [7, 11) is 0. The second-order valence-electron chi connectivity index (χ2n) is 3.36. The molecule has 0 N–H and O–H groups in total. The van der Waals surface area contributed by atoms with Gasteiger partial charge in [0, 0.05) is 0 Å². The van der Waals surface area contributed by atoms with E-state index in [1.807, 2.05) is 0 Å². The molecule has 1 aliphatic carbocycles. The van der Waals surface area contributed by atoms with Crippen LogP contribution in [0.2, 0.25) is 0 Å². The van der Waals surface area contributed by atoms with Gasteiger partial charge in [0.15, 0.2) is 0 Å². The lowest BCUT2D eigenvalue weighted by atomic mass is 9.98. The zero-order chi connectivity index (χ0) is 8.65. The van der Waals surface area contributed by atoms with Gasteiger partial charge in [0.05, 0.1) is 0 Å². The molecule has 12 heavy (non-hydrogen) atoms. The normalized spacial score (nSPS) is 20.1. The summed E-state index contributed by atoms with van der Waals surface area (Å²) in [6.07, 6.45) is 11.6. The standard InChI is InChI=1S/C10H18NO/c1-2-3-9-11-12-10-7-5-4-6-8-10/h10H,2-8H2,1H3. The minimum atomic E-state index is 0.378. The lowest BCUT2D eigenvalue weighted by molar-refractivity contribution is 0.0336. The van der Waals surface area contributed by atoms with Crippen molar-refractivity contribution in [2.24, 2.45) is 5.16 Å². The third kappa shape index (κ3) is 3.74. The number of hydrogen-bond donors (Lipinski definition) is 0. The van der Waals surface area contributed by atoms with Crippen LogP contribution in [0.15, 0.2) is 5.16 Å². The predicted molar refractivity (Wildman–Crippen MR) is 50.3 cm³/mol. The molecule has 2 heteroatoms. The Labute approximate surface area is 75.0 Å². The molecular weight excluding hydrogens is 150 g/mol. The highest BCUT2D eigenvalue weighted by Crippen LogP contribution is 2.20. The van der Waals surface area contributed by atoms with E-state index in [0.717, 1.165) is 12.8 Å². The van der Waals surface area contributed by atoms with Crippen molar-refractivity contribution in [1.29, 1.82) is 0 Å². The Morgan fingerprint density at radius 1 is 1.33 bits per heavy atom. The van der Waals surface area contributed by atoms with Crippen LogP contribution in [0.25, 0.3) is 0 Å². The van der Waals surface area contributed by atoms with Gasteiger partial charge >= 0.3 is 0 Å². The van der Waals surface area contributed by atoms with E-state index in [4.69, 9.17) is 4.84 Å². The van der Waals surface area contributed by atoms with Crippen LogP contribution in [0.4, 0.5) is 0 Å². The van der Waals surface area contributed by atoms with E-state index in [9.17, 15) is 0 Å². The molecule has 0 unspecified atom stereocenters. The quantitative estimate of drug-likeness (QED) is 0.467. The van der Waals surface area contributed by atoms with Gasteiger partial charge in [0.25, 0.3) is 0 Å². The van der Waals surface area contributed by atoms with Crippen molar-refractivity contribution in [2.45, 2.75) is 58.0 Å². The highest BCUT2D eigenvalue weighted by Gasteiger charge is 2.13. The first-order chi connectivity index (χ1) is 5.93. The summed E-state index contributed by atoms with van der Waals surface area (Å²) < 4.78 is 0. The second kappa shape index (κ2) is 6.04. The van der Waals surface area contributed by atoms with Crippen molar-refractivity contribution in [3.05, 3.63) is 0 Å². The molecule has 0 bridgehead atoms. The molecule has 1 saturated carbocycles. The number of nitrogens with zero attached hydrogens (tertiary/aromatic N) is 1. The molecule has 0 aromatic heterocycles. The van der Waals surface area contributed by atoms with E-state index in [1.165, 1.54) is 32.1 Å². The fraction of sp³-hybridized carbons (Fsp3) is 0.900. The molecule has 1 aliphatic rings. The zero-order valence-corrected chi connectivity index (χ0v) is 7.88. The summed E-state index contributed by atoms with van der Waals surface area (Å²) in [4.78, 5) is 5.30. The van der Waals surface area contributed by atoms with E-state index < -0.39 is 0 Å². The fourth-order valence-electron chi connectivity index (χ4n) is 1.44. The summed E-state index contributed by atoms with van der Waals surface area (Å²) in [6, 6.07) is 0. The molecule has 0 spiro atoms. The fourth-order valence-corrected chi connectivity index (χ4v) is 1.44. The minimum absolute atomic E-state index is 0.378. The molecule has 1 fully saturated rings. The Kier molecular flexibility index (Phi) is 4.81. The van der Waals surface area contributed by atoms with Crippen LogP contribution in [0.3, 0.4) is 0 Å². The average Bonchev–Trinajstić information content (AvgIpc) is 2.14. The van der Waals surface area contributed by atoms with Crippen LogP contribution in [-0.4, -0.2) is 12.3 Å². The van der Waals surface area contributed by atoms with Gasteiger partial charge in [-0.3, -0.25) is 0 Å². The summed E-state index contributed by atoms with van der Waals surface area (Å²) in [5.74, 6) is 0. The first kappa shape index (κ1) is 9.56. The van der Waals surface area contributed by atoms with Crippen molar-refractivity contribution < 1.29 is 4.84 Å². The van der Waals surface area contributed by atoms with Gasteiger partial charge in [-0.05, 0) is 32.1 Å². The first-order valence-electron chi connectivity index (χ1n) is 5.02. The van der Waals surface area contributed by atoms with Gasteiger partial charge in [0.1, 0.15) is 12.3 Å². The molecular formula is C10H18NO. The lowest BCUT2D eigenvalue weighted by Crippen LogP contribution is -2.13. The zero-order valence-electron chi connectivity index (χ0n) is 7.88. The van der Waals surface area contributed by atoms with Gasteiger partial charge < -0.3 is 4.84 Å². The van der Waals surface area contributed by atoms with Gasteiger partial charge in [-0.25, -0.2) is 0 Å². The molecule has 1 radical (unpaired) electrons. The van der Waals surface area contributed by atoms with E-state index in [2.05, 4.69) is 18.3 Å². The SMILES string of the molecule is CCC/[C]=N\OC1CCCCC1.